The predicted octanol–water partition coefficient (Wildman–Crippen LogP) is 3.82. The molecule has 6 heteroatoms. The van der Waals surface area contributed by atoms with Gasteiger partial charge in [-0.25, -0.2) is 0 Å². The van der Waals surface area contributed by atoms with Crippen LogP contribution in [0, 0.1) is 5.92 Å². The van der Waals surface area contributed by atoms with Crippen LogP contribution in [0.25, 0.3) is 0 Å². The maximum atomic E-state index is 12.5. The highest BCUT2D eigenvalue weighted by atomic mass is 79.9. The summed E-state index contributed by atoms with van der Waals surface area (Å²) in [6.07, 6.45) is 2.66. The van der Waals surface area contributed by atoms with E-state index in [-0.39, 0.29) is 18.2 Å². The number of nitrogens with zero attached hydrogens (tertiary/aromatic N) is 1. The Morgan fingerprint density at radius 2 is 2.19 bits per heavy atom. The first-order valence-electron chi connectivity index (χ1n) is 6.93. The number of likely N-dealkylation sites (tertiary alicyclic amines) is 1. The van der Waals surface area contributed by atoms with Crippen LogP contribution in [-0.2, 0) is 4.79 Å². The number of carboxylic acid groups (broad SMARTS) is 1. The van der Waals surface area contributed by atoms with Gasteiger partial charge in [0.25, 0.3) is 5.91 Å². The summed E-state index contributed by atoms with van der Waals surface area (Å²) in [5.41, 5.74) is 0.499. The molecule has 1 heterocycles. The van der Waals surface area contributed by atoms with Crippen molar-refractivity contribution in [3.63, 3.8) is 0 Å². The van der Waals surface area contributed by atoms with E-state index < -0.39 is 5.97 Å². The monoisotopic (exact) mass is 373 g/mol. The first-order chi connectivity index (χ1) is 9.97. The zero-order valence-electron chi connectivity index (χ0n) is 11.5. The molecule has 1 fully saturated rings. The van der Waals surface area contributed by atoms with Gasteiger partial charge in [0.1, 0.15) is 0 Å². The summed E-state index contributed by atoms with van der Waals surface area (Å²) in [4.78, 5) is 25.0. The number of hydrogen-bond acceptors (Lipinski definition) is 2. The average Bonchev–Trinajstić information content (AvgIpc) is 2.45. The minimum atomic E-state index is -0.783. The van der Waals surface area contributed by atoms with E-state index >= 15 is 0 Å². The quantitative estimate of drug-likeness (QED) is 0.871. The van der Waals surface area contributed by atoms with E-state index in [1.165, 1.54) is 0 Å². The van der Waals surface area contributed by atoms with Crippen molar-refractivity contribution in [1.29, 1.82) is 0 Å². The van der Waals surface area contributed by atoms with Gasteiger partial charge >= 0.3 is 5.97 Å². The number of piperidine rings is 1. The van der Waals surface area contributed by atoms with Gasteiger partial charge in [-0.2, -0.15) is 0 Å². The molecule has 0 aromatic heterocycles. The number of aliphatic carboxylic acids is 1. The van der Waals surface area contributed by atoms with E-state index in [9.17, 15) is 9.59 Å². The molecular weight excluding hydrogens is 358 g/mol. The fourth-order valence-corrected chi connectivity index (χ4v) is 3.40. The van der Waals surface area contributed by atoms with Crippen molar-refractivity contribution < 1.29 is 14.7 Å². The van der Waals surface area contributed by atoms with Gasteiger partial charge in [0.2, 0.25) is 0 Å². The maximum Gasteiger partial charge on any atom is 0.303 e. The lowest BCUT2D eigenvalue weighted by atomic mass is 9.93. The van der Waals surface area contributed by atoms with Crippen molar-refractivity contribution in [3.05, 3.63) is 33.3 Å². The summed E-state index contributed by atoms with van der Waals surface area (Å²) in [6.45, 7) is 1.31. The van der Waals surface area contributed by atoms with Crippen LogP contribution < -0.4 is 0 Å². The summed E-state index contributed by atoms with van der Waals surface area (Å²) in [5.74, 6) is -0.602. The van der Waals surface area contributed by atoms with Crippen molar-refractivity contribution in [2.24, 2.45) is 5.92 Å². The second-order valence-corrected chi connectivity index (χ2v) is 6.64. The molecule has 1 saturated heterocycles. The van der Waals surface area contributed by atoms with Crippen molar-refractivity contribution in [1.82, 2.24) is 4.90 Å². The fourth-order valence-electron chi connectivity index (χ4n) is 2.65. The molecule has 1 aromatic rings. The van der Waals surface area contributed by atoms with E-state index in [1.807, 2.05) is 0 Å². The highest BCUT2D eigenvalue weighted by Crippen LogP contribution is 2.26. The van der Waals surface area contributed by atoms with Gasteiger partial charge in [0.05, 0.1) is 10.6 Å². The maximum absolute atomic E-state index is 12.5. The second-order valence-electron chi connectivity index (χ2n) is 5.32. The van der Waals surface area contributed by atoms with Crippen LogP contribution in [0.3, 0.4) is 0 Å². The highest BCUT2D eigenvalue weighted by Gasteiger charge is 2.25. The Hall–Kier alpha value is -1.07. The second kappa shape index (κ2) is 7.27. The lowest BCUT2D eigenvalue weighted by Gasteiger charge is -2.33. The minimum Gasteiger partial charge on any atom is -0.481 e. The van der Waals surface area contributed by atoms with Crippen LogP contribution in [0.1, 0.15) is 36.0 Å². The molecule has 1 aliphatic rings. The molecule has 1 N–H and O–H groups in total. The number of benzene rings is 1. The van der Waals surface area contributed by atoms with E-state index in [2.05, 4.69) is 15.9 Å². The number of hydrogen-bond donors (Lipinski definition) is 1. The zero-order valence-corrected chi connectivity index (χ0v) is 13.9. The third-order valence-electron chi connectivity index (χ3n) is 3.73. The summed E-state index contributed by atoms with van der Waals surface area (Å²) in [7, 11) is 0. The number of amides is 1. The van der Waals surface area contributed by atoms with Crippen LogP contribution in [-0.4, -0.2) is 35.0 Å². The molecule has 21 heavy (non-hydrogen) atoms. The van der Waals surface area contributed by atoms with Crippen LogP contribution in [0.4, 0.5) is 0 Å². The Labute approximate surface area is 137 Å². The number of carboxylic acids is 1. The van der Waals surface area contributed by atoms with Gasteiger partial charge in [-0.15, -0.1) is 0 Å². The summed E-state index contributed by atoms with van der Waals surface area (Å²) in [6, 6.07) is 5.22. The smallest absolute Gasteiger partial charge is 0.303 e. The van der Waals surface area contributed by atoms with Crippen molar-refractivity contribution >= 4 is 39.4 Å². The standard InChI is InChI=1S/C15H17BrClNO3/c16-11-4-5-12(13(17)8-11)15(21)18-7-1-2-10(9-18)3-6-14(19)20/h4-5,8,10H,1-3,6-7,9H2,(H,19,20). The Kier molecular flexibility index (Phi) is 5.65. The Bertz CT molecular complexity index is 550. The van der Waals surface area contributed by atoms with E-state index in [4.69, 9.17) is 16.7 Å². The van der Waals surface area contributed by atoms with Gasteiger partial charge in [-0.1, -0.05) is 27.5 Å². The predicted molar refractivity (Wildman–Crippen MR) is 84.6 cm³/mol. The van der Waals surface area contributed by atoms with E-state index in [0.717, 1.165) is 17.3 Å². The SMILES string of the molecule is O=C(O)CCC1CCCN(C(=O)c2ccc(Br)cc2Cl)C1. The molecule has 1 atom stereocenters. The van der Waals surface area contributed by atoms with E-state index in [1.54, 1.807) is 23.1 Å². The average molecular weight is 375 g/mol. The molecule has 1 amide bonds. The molecule has 0 saturated carbocycles. The molecule has 1 unspecified atom stereocenters. The van der Waals surface area contributed by atoms with Crippen molar-refractivity contribution in [2.45, 2.75) is 25.7 Å². The fraction of sp³-hybridized carbons (Fsp3) is 0.467. The third kappa shape index (κ3) is 4.45. The first kappa shape index (κ1) is 16.3. The molecular formula is C15H17BrClNO3. The minimum absolute atomic E-state index is 0.0764. The summed E-state index contributed by atoms with van der Waals surface area (Å²) in [5, 5.41) is 9.19. The number of carbonyl (C=O) groups excluding carboxylic acids is 1. The molecule has 114 valence electrons. The lowest BCUT2D eigenvalue weighted by Crippen LogP contribution is -2.40. The Balaban J connectivity index is 2.03. The normalized spacial score (nSPS) is 18.6. The lowest BCUT2D eigenvalue weighted by molar-refractivity contribution is -0.137. The van der Waals surface area contributed by atoms with Crippen LogP contribution in [0.5, 0.6) is 0 Å². The molecule has 0 spiro atoms. The van der Waals surface area contributed by atoms with Gasteiger partial charge in [-0.3, -0.25) is 9.59 Å². The zero-order chi connectivity index (χ0) is 15.4. The topological polar surface area (TPSA) is 57.6 Å². The molecule has 0 radical (unpaired) electrons. The molecule has 0 bridgehead atoms. The third-order valence-corrected chi connectivity index (χ3v) is 4.54. The molecule has 0 aliphatic carbocycles. The van der Waals surface area contributed by atoms with Crippen LogP contribution in [0.15, 0.2) is 22.7 Å². The number of carbonyl (C=O) groups is 2. The largest absolute Gasteiger partial charge is 0.481 e. The molecule has 1 aliphatic heterocycles. The summed E-state index contributed by atoms with van der Waals surface area (Å²) >= 11 is 9.45. The van der Waals surface area contributed by atoms with Gasteiger partial charge in [0.15, 0.2) is 0 Å². The molecule has 2 rings (SSSR count). The highest BCUT2D eigenvalue weighted by molar-refractivity contribution is 9.10. The first-order valence-corrected chi connectivity index (χ1v) is 8.10. The molecule has 4 nitrogen and oxygen atoms in total. The van der Waals surface area contributed by atoms with Crippen molar-refractivity contribution in [2.75, 3.05) is 13.1 Å². The Morgan fingerprint density at radius 1 is 1.43 bits per heavy atom. The summed E-state index contributed by atoms with van der Waals surface area (Å²) < 4.78 is 0.835. The van der Waals surface area contributed by atoms with Gasteiger partial charge < -0.3 is 10.0 Å². The van der Waals surface area contributed by atoms with Crippen molar-refractivity contribution in [3.8, 4) is 0 Å². The number of halogens is 2. The van der Waals surface area contributed by atoms with Crippen LogP contribution in [0.2, 0.25) is 5.02 Å². The number of rotatable bonds is 4. The van der Waals surface area contributed by atoms with Gasteiger partial charge in [-0.05, 0) is 43.4 Å². The molecule has 1 aromatic carbocycles. The van der Waals surface area contributed by atoms with Gasteiger partial charge in [0, 0.05) is 24.0 Å². The van der Waals surface area contributed by atoms with E-state index in [0.29, 0.717) is 30.1 Å². The van der Waals surface area contributed by atoms with Crippen LogP contribution >= 0.6 is 27.5 Å². The Morgan fingerprint density at radius 3 is 2.86 bits per heavy atom.